The molecule has 6 nitrogen and oxygen atoms in total. The van der Waals surface area contributed by atoms with Crippen molar-refractivity contribution in [3.63, 3.8) is 0 Å². The van der Waals surface area contributed by atoms with E-state index in [4.69, 9.17) is 17.6 Å². The maximum Gasteiger partial charge on any atom is 0.341 e. The molecule has 1 atom stereocenters. The number of nitrogens with two attached hydrogens (primary N) is 1. The van der Waals surface area contributed by atoms with E-state index in [9.17, 15) is 4.79 Å². The number of carbonyl (C=O) groups is 1. The summed E-state index contributed by atoms with van der Waals surface area (Å²) in [5, 5.41) is 7.68. The van der Waals surface area contributed by atoms with Crippen molar-refractivity contribution in [2.75, 3.05) is 0 Å². The van der Waals surface area contributed by atoms with Crippen molar-refractivity contribution in [1.82, 2.24) is 14.8 Å². The van der Waals surface area contributed by atoms with Crippen molar-refractivity contribution in [3.05, 3.63) is 11.6 Å². The summed E-state index contributed by atoms with van der Waals surface area (Å²) in [4.78, 5) is 10.9. The summed E-state index contributed by atoms with van der Waals surface area (Å²) in [7, 11) is 1.80. The third-order valence-electron chi connectivity index (χ3n) is 1.96. The van der Waals surface area contributed by atoms with Gasteiger partial charge in [-0.05, 0) is 6.92 Å². The average molecular weight is 219 g/mol. The Kier molecular flexibility index (Phi) is 3.43. The number of halogens is 1. The summed E-state index contributed by atoms with van der Waals surface area (Å²) in [6, 6.07) is -0.810. The molecule has 7 heteroatoms. The van der Waals surface area contributed by atoms with Crippen LogP contribution in [0.25, 0.3) is 0 Å². The van der Waals surface area contributed by atoms with Crippen LogP contribution in [0.4, 0.5) is 0 Å². The Bertz CT molecular complexity index is 338. The van der Waals surface area contributed by atoms with Crippen LogP contribution in [-0.2, 0) is 22.6 Å². The minimum atomic E-state index is -0.810. The highest BCUT2D eigenvalue weighted by Gasteiger charge is 2.18. The molecule has 0 saturated heterocycles. The van der Waals surface area contributed by atoms with Crippen molar-refractivity contribution >= 4 is 17.8 Å². The van der Waals surface area contributed by atoms with Gasteiger partial charge in [0.15, 0.2) is 0 Å². The lowest BCUT2D eigenvalue weighted by atomic mass is 10.2. The van der Waals surface area contributed by atoms with Crippen molar-refractivity contribution < 1.29 is 9.08 Å². The second kappa shape index (κ2) is 4.39. The zero-order chi connectivity index (χ0) is 10.7. The van der Waals surface area contributed by atoms with Crippen LogP contribution in [0, 0.1) is 6.92 Å². The molecular formula is C7H11ClN4O2. The lowest BCUT2D eigenvalue weighted by Gasteiger charge is -2.06. The monoisotopic (exact) mass is 218 g/mol. The first-order valence-electron chi connectivity index (χ1n) is 3.99. The Balaban J connectivity index is 2.69. The second-order valence-electron chi connectivity index (χ2n) is 2.93. The van der Waals surface area contributed by atoms with Crippen LogP contribution in [0.2, 0.25) is 0 Å². The van der Waals surface area contributed by atoms with Gasteiger partial charge in [-0.1, -0.05) is 0 Å². The lowest BCUT2D eigenvalue weighted by molar-refractivity contribution is -0.135. The fraction of sp³-hybridized carbons (Fsp3) is 0.571. The maximum absolute atomic E-state index is 10.9. The van der Waals surface area contributed by atoms with Crippen molar-refractivity contribution in [2.45, 2.75) is 19.4 Å². The van der Waals surface area contributed by atoms with Crippen molar-refractivity contribution in [2.24, 2.45) is 12.8 Å². The Morgan fingerprint density at radius 1 is 1.71 bits per heavy atom. The summed E-state index contributed by atoms with van der Waals surface area (Å²) in [5.41, 5.74) is 5.50. The molecule has 2 N–H and O–H groups in total. The number of hydrogen-bond acceptors (Lipinski definition) is 5. The van der Waals surface area contributed by atoms with E-state index < -0.39 is 12.0 Å². The Morgan fingerprint density at radius 3 is 2.79 bits per heavy atom. The van der Waals surface area contributed by atoms with E-state index in [0.29, 0.717) is 5.82 Å². The Labute approximate surface area is 86.2 Å². The molecule has 1 heterocycles. The van der Waals surface area contributed by atoms with Crippen LogP contribution in [0.1, 0.15) is 11.6 Å². The molecule has 1 rings (SSSR count). The summed E-state index contributed by atoms with van der Waals surface area (Å²) in [6.07, 6.45) is 0.253. The molecule has 0 amide bonds. The number of aromatic nitrogens is 3. The van der Waals surface area contributed by atoms with Gasteiger partial charge in [0, 0.05) is 13.5 Å². The van der Waals surface area contributed by atoms with Crippen LogP contribution in [0.15, 0.2) is 0 Å². The molecule has 0 aliphatic carbocycles. The SMILES string of the molecule is Cc1nnc(CC(N)C(=O)OCl)n1C. The van der Waals surface area contributed by atoms with Gasteiger partial charge in [-0.2, -0.15) is 0 Å². The largest absolute Gasteiger partial charge is 0.346 e. The van der Waals surface area contributed by atoms with E-state index in [2.05, 4.69) is 14.5 Å². The minimum absolute atomic E-state index is 0.253. The molecule has 0 aliphatic rings. The van der Waals surface area contributed by atoms with Crippen LogP contribution in [0.3, 0.4) is 0 Å². The summed E-state index contributed by atoms with van der Waals surface area (Å²) in [5.74, 6) is 0.704. The van der Waals surface area contributed by atoms with Gasteiger partial charge in [0.1, 0.15) is 29.6 Å². The van der Waals surface area contributed by atoms with Crippen LogP contribution in [0.5, 0.6) is 0 Å². The van der Waals surface area contributed by atoms with Gasteiger partial charge in [-0.15, -0.1) is 10.2 Å². The highest BCUT2D eigenvalue weighted by Crippen LogP contribution is 2.02. The summed E-state index contributed by atoms with van der Waals surface area (Å²) in [6.45, 7) is 1.81. The van der Waals surface area contributed by atoms with Gasteiger partial charge in [0.25, 0.3) is 0 Å². The van der Waals surface area contributed by atoms with E-state index in [1.807, 2.05) is 6.92 Å². The standard InChI is InChI=1S/C7H11ClN4O2/c1-4-10-11-6(12(4)2)3-5(9)7(13)14-8/h5H,3,9H2,1-2H3. The molecule has 1 unspecified atom stereocenters. The quantitative estimate of drug-likeness (QED) is 0.753. The molecule has 0 aliphatic heterocycles. The molecule has 0 radical (unpaired) electrons. The lowest BCUT2D eigenvalue weighted by Crippen LogP contribution is -2.33. The molecule has 14 heavy (non-hydrogen) atoms. The Hall–Kier alpha value is -1.14. The zero-order valence-electron chi connectivity index (χ0n) is 7.90. The Morgan fingerprint density at radius 2 is 2.36 bits per heavy atom. The average Bonchev–Trinajstić information content (AvgIpc) is 2.48. The highest BCUT2D eigenvalue weighted by atomic mass is 35.5. The third-order valence-corrected chi connectivity index (χ3v) is 2.12. The van der Waals surface area contributed by atoms with Gasteiger partial charge in [-0.25, -0.2) is 4.79 Å². The van der Waals surface area contributed by atoms with Gasteiger partial charge < -0.3 is 14.6 Å². The molecule has 78 valence electrons. The molecule has 0 fully saturated rings. The van der Waals surface area contributed by atoms with E-state index in [-0.39, 0.29) is 6.42 Å². The molecule has 0 saturated carbocycles. The number of carbonyl (C=O) groups excluding carboxylic acids is 1. The predicted molar refractivity (Wildman–Crippen MR) is 49.4 cm³/mol. The van der Waals surface area contributed by atoms with Crippen LogP contribution >= 0.6 is 11.9 Å². The van der Waals surface area contributed by atoms with Gasteiger partial charge in [0.05, 0.1) is 0 Å². The predicted octanol–water partition coefficient (Wildman–Crippen LogP) is -0.310. The van der Waals surface area contributed by atoms with Crippen molar-refractivity contribution in [3.8, 4) is 0 Å². The van der Waals surface area contributed by atoms with Gasteiger partial charge in [0.2, 0.25) is 0 Å². The summed E-state index contributed by atoms with van der Waals surface area (Å²) >= 11 is 4.89. The number of nitrogens with zero attached hydrogens (tertiary/aromatic N) is 3. The van der Waals surface area contributed by atoms with E-state index in [0.717, 1.165) is 5.82 Å². The molecule has 1 aromatic rings. The first kappa shape index (κ1) is 10.9. The van der Waals surface area contributed by atoms with Crippen molar-refractivity contribution in [1.29, 1.82) is 0 Å². The first-order chi connectivity index (χ1) is 6.56. The molecular weight excluding hydrogens is 208 g/mol. The van der Waals surface area contributed by atoms with E-state index in [1.54, 1.807) is 11.6 Å². The smallest absolute Gasteiger partial charge is 0.341 e. The molecule has 0 spiro atoms. The highest BCUT2D eigenvalue weighted by molar-refractivity contribution is 6.13. The molecule has 0 bridgehead atoms. The fourth-order valence-electron chi connectivity index (χ4n) is 0.966. The van der Waals surface area contributed by atoms with Gasteiger partial charge >= 0.3 is 5.97 Å². The van der Waals surface area contributed by atoms with Crippen LogP contribution in [-0.4, -0.2) is 26.8 Å². The first-order valence-corrected chi connectivity index (χ1v) is 4.30. The van der Waals surface area contributed by atoms with E-state index in [1.165, 1.54) is 0 Å². The topological polar surface area (TPSA) is 83.0 Å². The molecule has 0 aromatic carbocycles. The second-order valence-corrected chi connectivity index (χ2v) is 3.08. The number of hydrogen-bond donors (Lipinski definition) is 1. The number of aryl methyl sites for hydroxylation is 1. The van der Waals surface area contributed by atoms with Crippen LogP contribution < -0.4 is 5.73 Å². The normalized spacial score (nSPS) is 12.6. The number of rotatable bonds is 3. The summed E-state index contributed by atoms with van der Waals surface area (Å²) < 4.78 is 5.73. The van der Waals surface area contributed by atoms with Gasteiger partial charge in [-0.3, -0.25) is 0 Å². The maximum atomic E-state index is 10.9. The zero-order valence-corrected chi connectivity index (χ0v) is 8.65. The molecule has 1 aromatic heterocycles. The third kappa shape index (κ3) is 2.21. The fourth-order valence-corrected chi connectivity index (χ4v) is 1.08. The van der Waals surface area contributed by atoms with E-state index >= 15 is 0 Å². The minimum Gasteiger partial charge on any atom is -0.346 e.